The van der Waals surface area contributed by atoms with Crippen molar-refractivity contribution in [2.75, 3.05) is 44.9 Å². The molecule has 0 aromatic heterocycles. The van der Waals surface area contributed by atoms with Crippen LogP contribution in [0.4, 0.5) is 11.4 Å². The van der Waals surface area contributed by atoms with Crippen LogP contribution in [0.5, 0.6) is 5.75 Å². The van der Waals surface area contributed by atoms with Crippen molar-refractivity contribution in [2.45, 2.75) is 18.9 Å². The second kappa shape index (κ2) is 5.48. The number of methoxy groups -OCH3 is 1. The molecule has 1 aliphatic heterocycles. The maximum Gasteiger partial charge on any atom is 0.122 e. The fourth-order valence-electron chi connectivity index (χ4n) is 2.68. The van der Waals surface area contributed by atoms with Gasteiger partial charge in [0, 0.05) is 42.6 Å². The molecule has 0 saturated carbocycles. The summed E-state index contributed by atoms with van der Waals surface area (Å²) in [6.07, 6.45) is 2.49. The lowest BCUT2D eigenvalue weighted by atomic mass is 10.2. The van der Waals surface area contributed by atoms with Crippen LogP contribution in [0.25, 0.3) is 0 Å². The zero-order chi connectivity index (χ0) is 13.1. The van der Waals surface area contributed by atoms with Gasteiger partial charge in [-0.05, 0) is 33.0 Å². The van der Waals surface area contributed by atoms with E-state index in [2.05, 4.69) is 30.0 Å². The highest BCUT2D eigenvalue weighted by Gasteiger charge is 2.25. The first-order valence-electron chi connectivity index (χ1n) is 6.46. The van der Waals surface area contributed by atoms with Crippen molar-refractivity contribution in [3.8, 4) is 5.75 Å². The monoisotopic (exact) mass is 249 g/mol. The van der Waals surface area contributed by atoms with Gasteiger partial charge in [-0.3, -0.25) is 0 Å². The fourth-order valence-corrected chi connectivity index (χ4v) is 2.68. The molecule has 18 heavy (non-hydrogen) atoms. The predicted octanol–water partition coefficient (Wildman–Crippen LogP) is 1.81. The highest BCUT2D eigenvalue weighted by atomic mass is 16.5. The molecule has 0 bridgehead atoms. The summed E-state index contributed by atoms with van der Waals surface area (Å²) in [4.78, 5) is 4.69. The lowest BCUT2D eigenvalue weighted by Gasteiger charge is -2.29. The number of rotatable bonds is 4. The molecule has 2 N–H and O–H groups in total. The molecule has 1 aliphatic rings. The lowest BCUT2D eigenvalue weighted by molar-refractivity contribution is 0.372. The Morgan fingerprint density at radius 1 is 1.39 bits per heavy atom. The summed E-state index contributed by atoms with van der Waals surface area (Å²) < 4.78 is 5.29. The van der Waals surface area contributed by atoms with Gasteiger partial charge in [-0.2, -0.15) is 0 Å². The Balaban J connectivity index is 2.21. The van der Waals surface area contributed by atoms with Gasteiger partial charge in [-0.15, -0.1) is 0 Å². The van der Waals surface area contributed by atoms with E-state index in [0.717, 1.165) is 24.5 Å². The van der Waals surface area contributed by atoms with Gasteiger partial charge in [0.15, 0.2) is 0 Å². The lowest BCUT2D eigenvalue weighted by Crippen LogP contribution is -2.37. The summed E-state index contributed by atoms with van der Waals surface area (Å²) in [5.41, 5.74) is 7.87. The van der Waals surface area contributed by atoms with Crippen LogP contribution in [0.2, 0.25) is 0 Å². The maximum atomic E-state index is 5.93. The van der Waals surface area contributed by atoms with Gasteiger partial charge in [-0.25, -0.2) is 0 Å². The minimum absolute atomic E-state index is 0.575. The standard InChI is InChI=1S/C14H23N3O/c1-16(2)10-12-5-4-6-17(12)13-7-11(15)8-14(9-13)18-3/h7-9,12H,4-6,10,15H2,1-3H3. The first-order chi connectivity index (χ1) is 8.60. The first kappa shape index (κ1) is 13.0. The van der Waals surface area contributed by atoms with Crippen LogP contribution in [-0.4, -0.2) is 45.2 Å². The third-order valence-electron chi connectivity index (χ3n) is 3.43. The largest absolute Gasteiger partial charge is 0.497 e. The molecule has 1 heterocycles. The van der Waals surface area contributed by atoms with Crippen LogP contribution < -0.4 is 15.4 Å². The summed E-state index contributed by atoms with van der Waals surface area (Å²) in [5, 5.41) is 0. The molecule has 1 fully saturated rings. The SMILES string of the molecule is COc1cc(N)cc(N2CCCC2CN(C)C)c1. The molecule has 1 saturated heterocycles. The van der Waals surface area contributed by atoms with Crippen molar-refractivity contribution >= 4 is 11.4 Å². The molecule has 1 atom stereocenters. The molecule has 1 aromatic carbocycles. The Labute approximate surface area is 109 Å². The molecular weight excluding hydrogens is 226 g/mol. The zero-order valence-corrected chi connectivity index (χ0v) is 11.5. The molecule has 1 unspecified atom stereocenters. The van der Waals surface area contributed by atoms with Crippen molar-refractivity contribution < 1.29 is 4.74 Å². The molecule has 0 radical (unpaired) electrons. The second-order valence-corrected chi connectivity index (χ2v) is 5.22. The highest BCUT2D eigenvalue weighted by molar-refractivity contribution is 5.61. The number of benzene rings is 1. The summed E-state index contributed by atoms with van der Waals surface area (Å²) in [6.45, 7) is 2.18. The maximum absolute atomic E-state index is 5.93. The predicted molar refractivity (Wildman–Crippen MR) is 76.3 cm³/mol. The average molecular weight is 249 g/mol. The topological polar surface area (TPSA) is 41.7 Å². The number of nitrogens with two attached hydrogens (primary N) is 1. The van der Waals surface area contributed by atoms with Crippen molar-refractivity contribution in [1.29, 1.82) is 0 Å². The summed E-state index contributed by atoms with van der Waals surface area (Å²) >= 11 is 0. The number of hydrogen-bond acceptors (Lipinski definition) is 4. The molecule has 4 nitrogen and oxygen atoms in total. The Hall–Kier alpha value is -1.42. The van der Waals surface area contributed by atoms with Gasteiger partial charge in [0.1, 0.15) is 5.75 Å². The van der Waals surface area contributed by atoms with Crippen molar-refractivity contribution in [3.63, 3.8) is 0 Å². The molecule has 2 rings (SSSR count). The van der Waals surface area contributed by atoms with Gasteiger partial charge in [0.25, 0.3) is 0 Å². The Morgan fingerprint density at radius 3 is 2.83 bits per heavy atom. The average Bonchev–Trinajstić information content (AvgIpc) is 2.75. The van der Waals surface area contributed by atoms with Crippen LogP contribution in [-0.2, 0) is 0 Å². The van der Waals surface area contributed by atoms with Gasteiger partial charge < -0.3 is 20.3 Å². The molecular formula is C14H23N3O. The molecule has 0 amide bonds. The minimum Gasteiger partial charge on any atom is -0.497 e. The van der Waals surface area contributed by atoms with E-state index in [0.29, 0.717) is 6.04 Å². The van der Waals surface area contributed by atoms with Crippen molar-refractivity contribution in [2.24, 2.45) is 0 Å². The minimum atomic E-state index is 0.575. The number of nitrogen functional groups attached to an aromatic ring is 1. The number of ether oxygens (including phenoxy) is 1. The first-order valence-corrected chi connectivity index (χ1v) is 6.46. The van der Waals surface area contributed by atoms with Crippen LogP contribution in [0, 0.1) is 0 Å². The molecule has 100 valence electrons. The number of anilines is 2. The van der Waals surface area contributed by atoms with E-state index in [1.165, 1.54) is 18.5 Å². The van der Waals surface area contributed by atoms with Gasteiger partial charge in [0.05, 0.1) is 7.11 Å². The second-order valence-electron chi connectivity index (χ2n) is 5.22. The van der Waals surface area contributed by atoms with E-state index in [9.17, 15) is 0 Å². The third kappa shape index (κ3) is 2.88. The van der Waals surface area contributed by atoms with E-state index in [1.807, 2.05) is 12.1 Å². The molecule has 0 spiro atoms. The quantitative estimate of drug-likeness (QED) is 0.826. The smallest absolute Gasteiger partial charge is 0.122 e. The summed E-state index contributed by atoms with van der Waals surface area (Å²) in [5.74, 6) is 0.834. The van der Waals surface area contributed by atoms with Crippen LogP contribution >= 0.6 is 0 Å². The number of hydrogen-bond donors (Lipinski definition) is 1. The van der Waals surface area contributed by atoms with Crippen LogP contribution in [0.3, 0.4) is 0 Å². The third-order valence-corrected chi connectivity index (χ3v) is 3.43. The molecule has 4 heteroatoms. The van der Waals surface area contributed by atoms with E-state index in [4.69, 9.17) is 10.5 Å². The zero-order valence-electron chi connectivity index (χ0n) is 11.5. The van der Waals surface area contributed by atoms with Gasteiger partial charge in [-0.1, -0.05) is 0 Å². The van der Waals surface area contributed by atoms with Crippen LogP contribution in [0.15, 0.2) is 18.2 Å². The highest BCUT2D eigenvalue weighted by Crippen LogP contribution is 2.31. The van der Waals surface area contributed by atoms with Crippen molar-refractivity contribution in [3.05, 3.63) is 18.2 Å². The molecule has 1 aromatic rings. The van der Waals surface area contributed by atoms with Crippen molar-refractivity contribution in [1.82, 2.24) is 4.90 Å². The summed E-state index contributed by atoms with van der Waals surface area (Å²) in [6, 6.07) is 6.55. The van der Waals surface area contributed by atoms with E-state index < -0.39 is 0 Å². The Morgan fingerprint density at radius 2 is 2.17 bits per heavy atom. The van der Waals surface area contributed by atoms with Gasteiger partial charge >= 0.3 is 0 Å². The van der Waals surface area contributed by atoms with E-state index in [-0.39, 0.29) is 0 Å². The molecule has 0 aliphatic carbocycles. The Bertz CT molecular complexity index is 406. The fraction of sp³-hybridized carbons (Fsp3) is 0.571. The number of likely N-dealkylation sites (N-methyl/N-ethyl adjacent to an activating group) is 1. The van der Waals surface area contributed by atoms with Gasteiger partial charge in [0.2, 0.25) is 0 Å². The number of nitrogens with zero attached hydrogens (tertiary/aromatic N) is 2. The Kier molecular flexibility index (Phi) is 3.97. The normalized spacial score (nSPS) is 19.6. The summed E-state index contributed by atoms with van der Waals surface area (Å²) in [7, 11) is 5.92. The van der Waals surface area contributed by atoms with Crippen LogP contribution in [0.1, 0.15) is 12.8 Å². The van der Waals surface area contributed by atoms with E-state index in [1.54, 1.807) is 7.11 Å². The van der Waals surface area contributed by atoms with E-state index >= 15 is 0 Å².